The van der Waals surface area contributed by atoms with Crippen LogP contribution in [0, 0.1) is 0 Å². The van der Waals surface area contributed by atoms with Gasteiger partial charge in [-0.25, -0.2) is 15.0 Å². The van der Waals surface area contributed by atoms with E-state index in [1.165, 1.54) is 6.08 Å². The molecule has 0 radical (unpaired) electrons. The molecule has 1 fully saturated rings. The number of anilines is 4. The molecule has 0 atom stereocenters. The Labute approximate surface area is 228 Å². The summed E-state index contributed by atoms with van der Waals surface area (Å²) in [7, 11) is 7.83. The molecule has 39 heavy (non-hydrogen) atoms. The monoisotopic (exact) mass is 526 g/mol. The van der Waals surface area contributed by atoms with E-state index in [-0.39, 0.29) is 5.91 Å². The minimum Gasteiger partial charge on any atom is -0.494 e. The van der Waals surface area contributed by atoms with E-state index in [2.05, 4.69) is 57.1 Å². The molecule has 0 aliphatic carbocycles. The number of carbonyl (C=O) groups is 1. The van der Waals surface area contributed by atoms with Crippen LogP contribution in [0.3, 0.4) is 0 Å². The number of pyridine rings is 1. The van der Waals surface area contributed by atoms with Crippen molar-refractivity contribution >= 4 is 40.0 Å². The van der Waals surface area contributed by atoms with Crippen molar-refractivity contribution in [3.8, 4) is 17.0 Å². The Morgan fingerprint density at radius 2 is 1.95 bits per heavy atom. The summed E-state index contributed by atoms with van der Waals surface area (Å²) in [5.74, 6) is 0.745. The molecular formula is C29H34N8O2. The van der Waals surface area contributed by atoms with E-state index in [9.17, 15) is 4.79 Å². The number of nitrogens with zero attached hydrogens (tertiary/aromatic N) is 6. The Morgan fingerprint density at radius 1 is 1.15 bits per heavy atom. The molecule has 4 heterocycles. The third kappa shape index (κ3) is 5.56. The molecule has 1 aliphatic rings. The van der Waals surface area contributed by atoms with E-state index in [1.807, 2.05) is 48.3 Å². The van der Waals surface area contributed by atoms with Gasteiger partial charge in [-0.05, 0) is 57.3 Å². The fourth-order valence-corrected chi connectivity index (χ4v) is 5.00. The van der Waals surface area contributed by atoms with Crippen LogP contribution in [-0.4, -0.2) is 70.7 Å². The van der Waals surface area contributed by atoms with E-state index < -0.39 is 0 Å². The zero-order valence-corrected chi connectivity index (χ0v) is 22.8. The van der Waals surface area contributed by atoms with E-state index in [0.717, 1.165) is 53.9 Å². The summed E-state index contributed by atoms with van der Waals surface area (Å²) in [6.07, 6.45) is 8.84. The van der Waals surface area contributed by atoms with Crippen LogP contribution in [-0.2, 0) is 11.8 Å². The van der Waals surface area contributed by atoms with Crippen LogP contribution in [0.2, 0.25) is 0 Å². The van der Waals surface area contributed by atoms with Gasteiger partial charge in [0.1, 0.15) is 11.4 Å². The average molecular weight is 527 g/mol. The van der Waals surface area contributed by atoms with Gasteiger partial charge >= 0.3 is 0 Å². The van der Waals surface area contributed by atoms with Crippen LogP contribution in [0.1, 0.15) is 12.8 Å². The summed E-state index contributed by atoms with van der Waals surface area (Å²) in [6.45, 7) is 5.36. The van der Waals surface area contributed by atoms with Crippen LogP contribution in [0.5, 0.6) is 5.75 Å². The average Bonchev–Trinajstić information content (AvgIpc) is 3.33. The zero-order valence-electron chi connectivity index (χ0n) is 22.8. The molecule has 3 aromatic heterocycles. The quantitative estimate of drug-likeness (QED) is 0.325. The predicted molar refractivity (Wildman–Crippen MR) is 156 cm³/mol. The summed E-state index contributed by atoms with van der Waals surface area (Å²) in [5, 5.41) is 7.29. The number of carbonyl (C=O) groups excluding carboxylic acids is 1. The first-order valence-electron chi connectivity index (χ1n) is 12.9. The molecular weight excluding hydrogens is 492 g/mol. The first-order valence-corrected chi connectivity index (χ1v) is 12.9. The number of fused-ring (bicyclic) bond motifs is 1. The molecule has 0 bridgehead atoms. The van der Waals surface area contributed by atoms with E-state index in [0.29, 0.717) is 29.1 Å². The number of benzene rings is 1. The number of hydrogen-bond donors (Lipinski definition) is 2. The van der Waals surface area contributed by atoms with Gasteiger partial charge in [0.25, 0.3) is 0 Å². The third-order valence-corrected chi connectivity index (χ3v) is 7.20. The van der Waals surface area contributed by atoms with Gasteiger partial charge in [-0.3, -0.25) is 4.79 Å². The predicted octanol–water partition coefficient (Wildman–Crippen LogP) is 4.44. The standard InChI is InChI=1S/C29H34N8O2/c1-6-27(38)32-23-16-24(26(39-5)17-25(23)37-13-9-21(10-14-37)35(2)3)34-29-30-11-7-22(33-29)20-15-19-8-12-36(4)28(19)31-18-20/h6-8,11-12,15-18,21H,1,9-10,13-14H2,2-5H3,(H,32,38)(H,30,33,34). The number of rotatable bonds is 8. The summed E-state index contributed by atoms with van der Waals surface area (Å²) in [5.41, 5.74) is 4.75. The van der Waals surface area contributed by atoms with Gasteiger partial charge in [-0.1, -0.05) is 6.58 Å². The van der Waals surface area contributed by atoms with Crippen molar-refractivity contribution in [1.82, 2.24) is 24.4 Å². The Morgan fingerprint density at radius 3 is 2.67 bits per heavy atom. The SMILES string of the molecule is C=CC(=O)Nc1cc(Nc2nccc(-c3cnc4c(ccn4C)c3)n2)c(OC)cc1N1CCC(N(C)C)CC1. The van der Waals surface area contributed by atoms with Gasteiger partial charge in [-0.15, -0.1) is 0 Å². The lowest BCUT2D eigenvalue weighted by Gasteiger charge is -2.37. The van der Waals surface area contributed by atoms with Crippen LogP contribution in [0.15, 0.2) is 61.6 Å². The highest BCUT2D eigenvalue weighted by atomic mass is 16.5. The maximum absolute atomic E-state index is 12.3. The number of ether oxygens (including phenoxy) is 1. The van der Waals surface area contributed by atoms with E-state index >= 15 is 0 Å². The molecule has 202 valence electrons. The number of amides is 1. The lowest BCUT2D eigenvalue weighted by molar-refractivity contribution is -0.111. The second kappa shape index (κ2) is 11.1. The lowest BCUT2D eigenvalue weighted by atomic mass is 10.0. The molecule has 0 saturated carbocycles. The Bertz CT molecular complexity index is 1500. The molecule has 5 rings (SSSR count). The first-order chi connectivity index (χ1) is 18.9. The van der Waals surface area contributed by atoms with E-state index in [4.69, 9.17) is 9.72 Å². The number of nitrogens with one attached hydrogen (secondary N) is 2. The third-order valence-electron chi connectivity index (χ3n) is 7.20. The molecule has 4 aromatic rings. The highest BCUT2D eigenvalue weighted by Crippen LogP contribution is 2.39. The minimum absolute atomic E-state index is 0.280. The fraction of sp³-hybridized carbons (Fsp3) is 0.310. The summed E-state index contributed by atoms with van der Waals surface area (Å²) in [4.78, 5) is 30.6. The molecule has 0 unspecified atom stereocenters. The molecule has 2 N–H and O–H groups in total. The molecule has 1 aromatic carbocycles. The number of hydrogen-bond acceptors (Lipinski definition) is 8. The highest BCUT2D eigenvalue weighted by molar-refractivity contribution is 6.02. The van der Waals surface area contributed by atoms with Gasteiger partial charge < -0.3 is 29.7 Å². The first kappa shape index (κ1) is 26.2. The van der Waals surface area contributed by atoms with Crippen molar-refractivity contribution in [3.05, 3.63) is 61.6 Å². The summed E-state index contributed by atoms with van der Waals surface area (Å²) in [6, 6.07) is 10.3. The summed E-state index contributed by atoms with van der Waals surface area (Å²) < 4.78 is 7.74. The topological polar surface area (TPSA) is 100 Å². The number of aromatic nitrogens is 4. The van der Waals surface area contributed by atoms with Crippen LogP contribution < -0.4 is 20.3 Å². The molecule has 0 spiro atoms. The van der Waals surface area contributed by atoms with Crippen molar-refractivity contribution in [2.24, 2.45) is 7.05 Å². The number of methoxy groups -OCH3 is 1. The molecule has 10 nitrogen and oxygen atoms in total. The second-order valence-corrected chi connectivity index (χ2v) is 9.90. The van der Waals surface area contributed by atoms with Gasteiger partial charge in [0.05, 0.1) is 29.9 Å². The van der Waals surface area contributed by atoms with Gasteiger partial charge in [-0.2, -0.15) is 0 Å². The normalized spacial score (nSPS) is 14.0. The summed E-state index contributed by atoms with van der Waals surface area (Å²) >= 11 is 0. The van der Waals surface area contributed by atoms with Crippen molar-refractivity contribution < 1.29 is 9.53 Å². The molecule has 1 amide bonds. The van der Waals surface area contributed by atoms with Crippen LogP contribution in [0.4, 0.5) is 23.0 Å². The lowest BCUT2D eigenvalue weighted by Crippen LogP contribution is -2.42. The number of aryl methyl sites for hydroxylation is 1. The molecule has 10 heteroatoms. The second-order valence-electron chi connectivity index (χ2n) is 9.90. The Hall–Kier alpha value is -4.44. The maximum Gasteiger partial charge on any atom is 0.247 e. The maximum atomic E-state index is 12.3. The Kier molecular flexibility index (Phi) is 7.47. The van der Waals surface area contributed by atoms with Crippen LogP contribution >= 0.6 is 0 Å². The Balaban J connectivity index is 1.46. The number of piperidine rings is 1. The molecule has 1 aliphatic heterocycles. The van der Waals surface area contributed by atoms with E-state index in [1.54, 1.807) is 13.3 Å². The smallest absolute Gasteiger partial charge is 0.247 e. The van der Waals surface area contributed by atoms with Gasteiger partial charge in [0, 0.05) is 61.8 Å². The minimum atomic E-state index is -0.280. The fourth-order valence-electron chi connectivity index (χ4n) is 5.00. The zero-order chi connectivity index (χ0) is 27.5. The largest absolute Gasteiger partial charge is 0.494 e. The van der Waals surface area contributed by atoms with Crippen molar-refractivity contribution in [1.29, 1.82) is 0 Å². The van der Waals surface area contributed by atoms with Gasteiger partial charge in [0.2, 0.25) is 11.9 Å². The van der Waals surface area contributed by atoms with Crippen molar-refractivity contribution in [2.75, 3.05) is 49.8 Å². The van der Waals surface area contributed by atoms with Crippen molar-refractivity contribution in [2.45, 2.75) is 18.9 Å². The van der Waals surface area contributed by atoms with Crippen LogP contribution in [0.25, 0.3) is 22.3 Å². The highest BCUT2D eigenvalue weighted by Gasteiger charge is 2.24. The molecule has 1 saturated heterocycles. The van der Waals surface area contributed by atoms with Crippen molar-refractivity contribution in [3.63, 3.8) is 0 Å². The van der Waals surface area contributed by atoms with Gasteiger partial charge in [0.15, 0.2) is 0 Å².